The molecule has 22 heavy (non-hydrogen) atoms. The van der Waals surface area contributed by atoms with E-state index in [0.717, 1.165) is 44.0 Å². The van der Waals surface area contributed by atoms with E-state index in [0.29, 0.717) is 6.42 Å². The zero-order chi connectivity index (χ0) is 15.8. The third-order valence-electron chi connectivity index (χ3n) is 3.75. The number of methoxy groups -OCH3 is 1. The van der Waals surface area contributed by atoms with E-state index >= 15 is 0 Å². The van der Waals surface area contributed by atoms with Gasteiger partial charge in [0, 0.05) is 39.1 Å². The van der Waals surface area contributed by atoms with Crippen molar-refractivity contribution in [1.29, 1.82) is 0 Å². The lowest BCUT2D eigenvalue weighted by molar-refractivity contribution is -0.121. The monoisotopic (exact) mass is 304 g/mol. The molecule has 1 aromatic carbocycles. The van der Waals surface area contributed by atoms with Crippen LogP contribution in [0.1, 0.15) is 12.0 Å². The van der Waals surface area contributed by atoms with Gasteiger partial charge in [0.2, 0.25) is 5.91 Å². The van der Waals surface area contributed by atoms with Crippen LogP contribution in [0.5, 0.6) is 5.75 Å². The van der Waals surface area contributed by atoms with Crippen LogP contribution in [0.3, 0.4) is 0 Å². The number of piperazine rings is 1. The van der Waals surface area contributed by atoms with Crippen molar-refractivity contribution in [3.63, 3.8) is 0 Å². The van der Waals surface area contributed by atoms with Gasteiger partial charge in [-0.05, 0) is 24.7 Å². The van der Waals surface area contributed by atoms with Crippen molar-refractivity contribution in [2.45, 2.75) is 6.42 Å². The van der Waals surface area contributed by atoms with E-state index < -0.39 is 0 Å². The molecule has 0 spiro atoms. The van der Waals surface area contributed by atoms with Gasteiger partial charge in [-0.25, -0.2) is 5.43 Å². The summed E-state index contributed by atoms with van der Waals surface area (Å²) in [6.07, 6.45) is 2.09. The van der Waals surface area contributed by atoms with Crippen LogP contribution in [0, 0.1) is 0 Å². The highest BCUT2D eigenvalue weighted by Crippen LogP contribution is 2.10. The summed E-state index contributed by atoms with van der Waals surface area (Å²) >= 11 is 0. The van der Waals surface area contributed by atoms with Gasteiger partial charge in [0.25, 0.3) is 0 Å². The summed E-state index contributed by atoms with van der Waals surface area (Å²) < 4.78 is 5.14. The first kappa shape index (κ1) is 16.5. The summed E-state index contributed by atoms with van der Waals surface area (Å²) in [4.78, 5) is 16.4. The van der Waals surface area contributed by atoms with Gasteiger partial charge in [-0.3, -0.25) is 4.79 Å². The molecule has 0 saturated carbocycles. The van der Waals surface area contributed by atoms with E-state index in [9.17, 15) is 4.79 Å². The van der Waals surface area contributed by atoms with Gasteiger partial charge in [0.15, 0.2) is 0 Å². The van der Waals surface area contributed by atoms with E-state index in [1.54, 1.807) is 13.3 Å². The highest BCUT2D eigenvalue weighted by molar-refractivity contribution is 5.82. The average Bonchev–Trinajstić information content (AvgIpc) is 2.54. The smallest absolute Gasteiger partial charge is 0.241 e. The first-order chi connectivity index (χ1) is 10.7. The lowest BCUT2D eigenvalue weighted by atomic mass is 10.2. The summed E-state index contributed by atoms with van der Waals surface area (Å²) in [6, 6.07) is 7.52. The van der Waals surface area contributed by atoms with Gasteiger partial charge in [0.05, 0.1) is 13.3 Å². The number of rotatable bonds is 6. The van der Waals surface area contributed by atoms with Crippen molar-refractivity contribution in [2.75, 3.05) is 46.9 Å². The molecule has 1 fully saturated rings. The molecule has 1 amide bonds. The Labute approximate surface area is 131 Å². The highest BCUT2D eigenvalue weighted by atomic mass is 16.5. The first-order valence-corrected chi connectivity index (χ1v) is 7.54. The third kappa shape index (κ3) is 5.46. The van der Waals surface area contributed by atoms with E-state index in [1.165, 1.54) is 0 Å². The Balaban J connectivity index is 1.69. The van der Waals surface area contributed by atoms with Crippen LogP contribution in [0.15, 0.2) is 29.4 Å². The minimum Gasteiger partial charge on any atom is -0.497 e. The standard InChI is InChI=1S/C16H24N4O2/c1-19-8-10-20(11-9-19)7-6-16(21)18-17-13-14-4-3-5-15(12-14)22-2/h3-5,12-13H,6-11H2,1-2H3,(H,18,21)/b17-13+. The number of ether oxygens (including phenoxy) is 1. The number of nitrogens with zero attached hydrogens (tertiary/aromatic N) is 3. The predicted octanol–water partition coefficient (Wildman–Crippen LogP) is 0.783. The topological polar surface area (TPSA) is 57.2 Å². The summed E-state index contributed by atoms with van der Waals surface area (Å²) in [5, 5.41) is 3.99. The van der Waals surface area contributed by atoms with Crippen molar-refractivity contribution in [3.8, 4) is 5.75 Å². The summed E-state index contributed by atoms with van der Waals surface area (Å²) in [5.74, 6) is 0.711. The van der Waals surface area contributed by atoms with Crippen LogP contribution < -0.4 is 10.2 Å². The molecule has 120 valence electrons. The molecule has 1 N–H and O–H groups in total. The number of hydrogen-bond donors (Lipinski definition) is 1. The van der Waals surface area contributed by atoms with E-state index in [-0.39, 0.29) is 5.91 Å². The van der Waals surface area contributed by atoms with Gasteiger partial charge in [0.1, 0.15) is 5.75 Å². The molecule has 1 heterocycles. The molecule has 1 aliphatic rings. The number of carbonyl (C=O) groups excluding carboxylic acids is 1. The molecule has 1 aliphatic heterocycles. The molecule has 2 rings (SSSR count). The molecule has 6 heteroatoms. The fourth-order valence-electron chi connectivity index (χ4n) is 2.29. The second-order valence-corrected chi connectivity index (χ2v) is 5.46. The number of nitrogens with one attached hydrogen (secondary N) is 1. The SMILES string of the molecule is COc1cccc(/C=N/NC(=O)CCN2CCN(C)CC2)c1. The highest BCUT2D eigenvalue weighted by Gasteiger charge is 2.14. The maximum Gasteiger partial charge on any atom is 0.241 e. The number of likely N-dealkylation sites (N-methyl/N-ethyl adjacent to an activating group) is 1. The van der Waals surface area contributed by atoms with Crippen LogP contribution in [0.25, 0.3) is 0 Å². The second kappa shape index (κ2) is 8.51. The van der Waals surface area contributed by atoms with Crippen molar-refractivity contribution < 1.29 is 9.53 Å². The fourth-order valence-corrected chi connectivity index (χ4v) is 2.29. The van der Waals surface area contributed by atoms with Crippen molar-refractivity contribution in [2.24, 2.45) is 5.10 Å². The number of hydrazone groups is 1. The molecule has 0 unspecified atom stereocenters. The number of amides is 1. The molecule has 1 aromatic rings. The Morgan fingerprint density at radius 3 is 2.86 bits per heavy atom. The number of hydrogen-bond acceptors (Lipinski definition) is 5. The second-order valence-electron chi connectivity index (χ2n) is 5.46. The van der Waals surface area contributed by atoms with Crippen LogP contribution in [-0.2, 0) is 4.79 Å². The molecule has 1 saturated heterocycles. The maximum absolute atomic E-state index is 11.8. The molecule has 0 aromatic heterocycles. The number of benzene rings is 1. The van der Waals surface area contributed by atoms with Gasteiger partial charge in [-0.15, -0.1) is 0 Å². The van der Waals surface area contributed by atoms with Crippen molar-refractivity contribution >= 4 is 12.1 Å². The summed E-state index contributed by atoms with van der Waals surface area (Å²) in [7, 11) is 3.74. The first-order valence-electron chi connectivity index (χ1n) is 7.54. The molecule has 0 atom stereocenters. The quantitative estimate of drug-likeness (QED) is 0.623. The Hall–Kier alpha value is -1.92. The molecule has 0 radical (unpaired) electrons. The number of carbonyl (C=O) groups is 1. The lowest BCUT2D eigenvalue weighted by Crippen LogP contribution is -2.45. The van der Waals surface area contributed by atoms with E-state index in [4.69, 9.17) is 4.74 Å². The van der Waals surface area contributed by atoms with Crippen molar-refractivity contribution in [3.05, 3.63) is 29.8 Å². The van der Waals surface area contributed by atoms with E-state index in [1.807, 2.05) is 24.3 Å². The Morgan fingerprint density at radius 2 is 2.14 bits per heavy atom. The van der Waals surface area contributed by atoms with Gasteiger partial charge >= 0.3 is 0 Å². The Morgan fingerprint density at radius 1 is 1.36 bits per heavy atom. The summed E-state index contributed by atoms with van der Waals surface area (Å²) in [5.41, 5.74) is 3.46. The molecule has 0 bridgehead atoms. The average molecular weight is 304 g/mol. The minimum atomic E-state index is -0.0573. The van der Waals surface area contributed by atoms with Gasteiger partial charge < -0.3 is 14.5 Å². The van der Waals surface area contributed by atoms with E-state index in [2.05, 4.69) is 27.4 Å². The van der Waals surface area contributed by atoms with Crippen LogP contribution in [0.4, 0.5) is 0 Å². The molecule has 6 nitrogen and oxygen atoms in total. The largest absolute Gasteiger partial charge is 0.497 e. The third-order valence-corrected chi connectivity index (χ3v) is 3.75. The van der Waals surface area contributed by atoms with Crippen LogP contribution in [0.2, 0.25) is 0 Å². The van der Waals surface area contributed by atoms with Crippen LogP contribution in [-0.4, -0.2) is 68.8 Å². The zero-order valence-corrected chi connectivity index (χ0v) is 13.3. The zero-order valence-electron chi connectivity index (χ0n) is 13.3. The normalized spacial score (nSPS) is 16.8. The molecule has 0 aliphatic carbocycles. The molecular weight excluding hydrogens is 280 g/mol. The van der Waals surface area contributed by atoms with Gasteiger partial charge in [-0.2, -0.15) is 5.10 Å². The Kier molecular flexibility index (Phi) is 6.36. The fraction of sp³-hybridized carbons (Fsp3) is 0.500. The molecular formula is C16H24N4O2. The van der Waals surface area contributed by atoms with Crippen molar-refractivity contribution in [1.82, 2.24) is 15.2 Å². The predicted molar refractivity (Wildman–Crippen MR) is 87.3 cm³/mol. The van der Waals surface area contributed by atoms with Crippen LogP contribution >= 0.6 is 0 Å². The van der Waals surface area contributed by atoms with Gasteiger partial charge in [-0.1, -0.05) is 12.1 Å². The minimum absolute atomic E-state index is 0.0573. The maximum atomic E-state index is 11.8. The lowest BCUT2D eigenvalue weighted by Gasteiger charge is -2.32. The Bertz CT molecular complexity index is 511. The summed E-state index contributed by atoms with van der Waals surface area (Å²) in [6.45, 7) is 4.97.